The molecule has 1 unspecified atom stereocenters. The van der Waals surface area contributed by atoms with Crippen LogP contribution in [0.3, 0.4) is 0 Å². The number of benzene rings is 1. The van der Waals surface area contributed by atoms with Gasteiger partial charge in [-0.1, -0.05) is 30.3 Å². The number of hydrogen-bond acceptors (Lipinski definition) is 2. The Hall–Kier alpha value is -1.84. The van der Waals surface area contributed by atoms with Gasteiger partial charge in [0.05, 0.1) is 6.54 Å². The van der Waals surface area contributed by atoms with E-state index in [1.165, 1.54) is 0 Å². The van der Waals surface area contributed by atoms with Crippen LogP contribution in [0.2, 0.25) is 0 Å². The van der Waals surface area contributed by atoms with Gasteiger partial charge in [-0.25, -0.2) is 4.99 Å². The summed E-state index contributed by atoms with van der Waals surface area (Å²) in [7, 11) is 0. The van der Waals surface area contributed by atoms with Gasteiger partial charge in [-0.05, 0) is 12.5 Å². The van der Waals surface area contributed by atoms with E-state index in [2.05, 4.69) is 15.6 Å². The third-order valence-electron chi connectivity index (χ3n) is 2.25. The number of amides is 1. The normalized spacial score (nSPS) is 22.6. The first-order valence-corrected chi connectivity index (χ1v) is 4.91. The van der Waals surface area contributed by atoms with Crippen molar-refractivity contribution in [3.63, 3.8) is 0 Å². The highest BCUT2D eigenvalue weighted by atomic mass is 16.2. The molecule has 1 amide bonds. The highest BCUT2D eigenvalue weighted by Gasteiger charge is 2.22. The Morgan fingerprint density at radius 2 is 2.07 bits per heavy atom. The van der Waals surface area contributed by atoms with Gasteiger partial charge in [0, 0.05) is 0 Å². The molecule has 0 radical (unpaired) electrons. The highest BCUT2D eigenvalue weighted by molar-refractivity contribution is 6.06. The maximum absolute atomic E-state index is 11.1. The molecule has 0 bridgehead atoms. The molecule has 1 saturated heterocycles. The fraction of sp³-hybridized carbons (Fsp3) is 0.273. The van der Waals surface area contributed by atoms with Crippen LogP contribution in [-0.4, -0.2) is 17.9 Å². The smallest absolute Gasteiger partial charge is 0.248 e. The van der Waals surface area contributed by atoms with Gasteiger partial charge in [-0.15, -0.1) is 0 Å². The van der Waals surface area contributed by atoms with Crippen molar-refractivity contribution in [2.75, 3.05) is 0 Å². The summed E-state index contributed by atoms with van der Waals surface area (Å²) < 4.78 is 0. The summed E-state index contributed by atoms with van der Waals surface area (Å²) in [6.07, 6.45) is 0. The van der Waals surface area contributed by atoms with Crippen LogP contribution in [0.5, 0.6) is 0 Å². The fourth-order valence-corrected chi connectivity index (χ4v) is 1.37. The number of nitrogens with one attached hydrogen (secondary N) is 2. The van der Waals surface area contributed by atoms with Crippen LogP contribution in [0.1, 0.15) is 12.5 Å². The topological polar surface area (TPSA) is 53.5 Å². The van der Waals surface area contributed by atoms with Crippen LogP contribution < -0.4 is 10.6 Å². The third-order valence-corrected chi connectivity index (χ3v) is 2.25. The van der Waals surface area contributed by atoms with Gasteiger partial charge in [0.15, 0.2) is 5.96 Å². The number of aliphatic imine (C=N–C) groups is 1. The van der Waals surface area contributed by atoms with Crippen molar-refractivity contribution in [2.45, 2.75) is 19.5 Å². The lowest BCUT2D eigenvalue weighted by atomic mass is 10.2. The molecule has 2 rings (SSSR count). The van der Waals surface area contributed by atoms with Crippen LogP contribution in [0, 0.1) is 0 Å². The van der Waals surface area contributed by atoms with Crippen molar-refractivity contribution >= 4 is 11.9 Å². The molecule has 1 aromatic carbocycles. The molecule has 78 valence electrons. The summed E-state index contributed by atoms with van der Waals surface area (Å²) >= 11 is 0. The second-order valence-electron chi connectivity index (χ2n) is 3.51. The van der Waals surface area contributed by atoms with Crippen LogP contribution >= 0.6 is 0 Å². The predicted octanol–water partition coefficient (Wildman–Crippen LogP) is 0.650. The van der Waals surface area contributed by atoms with Gasteiger partial charge in [0.25, 0.3) is 0 Å². The molecule has 1 fully saturated rings. The van der Waals surface area contributed by atoms with Gasteiger partial charge in [-0.2, -0.15) is 0 Å². The lowest BCUT2D eigenvalue weighted by molar-refractivity contribution is -0.119. The van der Waals surface area contributed by atoms with Crippen molar-refractivity contribution in [3.8, 4) is 0 Å². The van der Waals surface area contributed by atoms with Crippen molar-refractivity contribution in [2.24, 2.45) is 4.99 Å². The zero-order valence-corrected chi connectivity index (χ0v) is 8.53. The molecule has 1 atom stereocenters. The highest BCUT2D eigenvalue weighted by Crippen LogP contribution is 2.01. The average Bonchev–Trinajstić information content (AvgIpc) is 2.57. The standard InChI is InChI=1S/C11H13N3O/c1-8-10(15)14-11(13-8)12-7-9-5-3-2-4-6-9/h2-6,8H,7H2,1H3,(H2,12,13,14,15). The van der Waals surface area contributed by atoms with Gasteiger partial charge in [0.1, 0.15) is 6.04 Å². The molecule has 4 heteroatoms. The molecule has 2 N–H and O–H groups in total. The lowest BCUT2D eigenvalue weighted by Crippen LogP contribution is -2.26. The van der Waals surface area contributed by atoms with Crippen LogP contribution in [-0.2, 0) is 11.3 Å². The molecular weight excluding hydrogens is 190 g/mol. The predicted molar refractivity (Wildman–Crippen MR) is 58.3 cm³/mol. The molecule has 0 spiro atoms. The molecule has 1 aromatic rings. The first-order valence-electron chi connectivity index (χ1n) is 4.91. The SMILES string of the molecule is CC1NC(=NCc2ccccc2)NC1=O. The first-order chi connectivity index (χ1) is 7.25. The fourth-order valence-electron chi connectivity index (χ4n) is 1.37. The summed E-state index contributed by atoms with van der Waals surface area (Å²) in [4.78, 5) is 15.4. The molecule has 0 saturated carbocycles. The maximum Gasteiger partial charge on any atom is 0.248 e. The summed E-state index contributed by atoms with van der Waals surface area (Å²) in [5.74, 6) is 0.540. The van der Waals surface area contributed by atoms with Crippen molar-refractivity contribution < 1.29 is 4.79 Å². The maximum atomic E-state index is 11.1. The van der Waals surface area contributed by atoms with Crippen molar-refractivity contribution in [1.29, 1.82) is 0 Å². The first kappa shape index (κ1) is 9.71. The number of carbonyl (C=O) groups excluding carboxylic acids is 1. The van der Waals surface area contributed by atoms with Gasteiger partial charge in [-0.3, -0.25) is 10.1 Å². The zero-order chi connectivity index (χ0) is 10.7. The Balaban J connectivity index is 1.99. The van der Waals surface area contributed by atoms with E-state index in [0.717, 1.165) is 5.56 Å². The van der Waals surface area contributed by atoms with Crippen molar-refractivity contribution in [1.82, 2.24) is 10.6 Å². The molecule has 4 nitrogen and oxygen atoms in total. The molecule has 0 aliphatic carbocycles. The minimum Gasteiger partial charge on any atom is -0.345 e. The van der Waals surface area contributed by atoms with E-state index in [0.29, 0.717) is 12.5 Å². The van der Waals surface area contributed by atoms with E-state index in [9.17, 15) is 4.79 Å². The summed E-state index contributed by atoms with van der Waals surface area (Å²) in [6.45, 7) is 2.39. The number of hydrogen-bond donors (Lipinski definition) is 2. The summed E-state index contributed by atoms with van der Waals surface area (Å²) in [5.41, 5.74) is 1.13. The Labute approximate surface area is 88.4 Å². The Kier molecular flexibility index (Phi) is 2.67. The second-order valence-corrected chi connectivity index (χ2v) is 3.51. The minimum absolute atomic E-state index is 0.0261. The van der Waals surface area contributed by atoms with Gasteiger partial charge in [0.2, 0.25) is 5.91 Å². The van der Waals surface area contributed by atoms with E-state index >= 15 is 0 Å². The van der Waals surface area contributed by atoms with Crippen molar-refractivity contribution in [3.05, 3.63) is 35.9 Å². The third kappa shape index (κ3) is 2.34. The van der Waals surface area contributed by atoms with E-state index < -0.39 is 0 Å². The quantitative estimate of drug-likeness (QED) is 0.741. The summed E-state index contributed by atoms with van der Waals surface area (Å²) in [5, 5.41) is 5.64. The minimum atomic E-state index is -0.181. The van der Waals surface area contributed by atoms with E-state index in [1.54, 1.807) is 6.92 Å². The van der Waals surface area contributed by atoms with E-state index in [1.807, 2.05) is 30.3 Å². The number of carbonyl (C=O) groups is 1. The molecule has 15 heavy (non-hydrogen) atoms. The Morgan fingerprint density at radius 1 is 1.33 bits per heavy atom. The van der Waals surface area contributed by atoms with Gasteiger partial charge < -0.3 is 5.32 Å². The number of rotatable bonds is 2. The largest absolute Gasteiger partial charge is 0.345 e. The van der Waals surface area contributed by atoms with Crippen LogP contribution in [0.25, 0.3) is 0 Å². The van der Waals surface area contributed by atoms with Crippen LogP contribution in [0.4, 0.5) is 0 Å². The second kappa shape index (κ2) is 4.13. The lowest BCUT2D eigenvalue weighted by Gasteiger charge is -1.99. The van der Waals surface area contributed by atoms with E-state index in [4.69, 9.17) is 0 Å². The van der Waals surface area contributed by atoms with Crippen LogP contribution in [0.15, 0.2) is 35.3 Å². The monoisotopic (exact) mass is 203 g/mol. The average molecular weight is 203 g/mol. The Bertz CT molecular complexity index is 386. The summed E-state index contributed by atoms with van der Waals surface area (Å²) in [6, 6.07) is 9.74. The molecule has 1 aliphatic rings. The molecule has 1 aliphatic heterocycles. The Morgan fingerprint density at radius 3 is 2.67 bits per heavy atom. The zero-order valence-electron chi connectivity index (χ0n) is 8.53. The van der Waals surface area contributed by atoms with Gasteiger partial charge >= 0.3 is 0 Å². The molecule has 1 heterocycles. The van der Waals surface area contributed by atoms with E-state index in [-0.39, 0.29) is 11.9 Å². The number of guanidine groups is 1. The molecular formula is C11H13N3O. The number of nitrogens with zero attached hydrogens (tertiary/aromatic N) is 1. The molecule has 0 aromatic heterocycles.